The van der Waals surface area contributed by atoms with Gasteiger partial charge in [-0.15, -0.1) is 0 Å². The second-order valence-corrected chi connectivity index (χ2v) is 13.6. The van der Waals surface area contributed by atoms with E-state index < -0.39 is 0 Å². The van der Waals surface area contributed by atoms with Gasteiger partial charge in [0.25, 0.3) is 0 Å². The molecular formula is C40H58. The molecule has 0 aliphatic heterocycles. The Morgan fingerprint density at radius 2 is 1.50 bits per heavy atom. The van der Waals surface area contributed by atoms with Crippen molar-refractivity contribution in [3.05, 3.63) is 118 Å². The van der Waals surface area contributed by atoms with Crippen LogP contribution in [0, 0.1) is 16.7 Å². The zero-order valence-electron chi connectivity index (χ0n) is 27.5. The van der Waals surface area contributed by atoms with Crippen molar-refractivity contribution < 1.29 is 0 Å². The van der Waals surface area contributed by atoms with Gasteiger partial charge in [-0.1, -0.05) is 140 Å². The first-order chi connectivity index (χ1) is 18.8. The van der Waals surface area contributed by atoms with Gasteiger partial charge in [-0.25, -0.2) is 0 Å². The molecule has 0 N–H and O–H groups in total. The quantitative estimate of drug-likeness (QED) is 0.181. The first-order valence-electron chi connectivity index (χ1n) is 15.6. The average Bonchev–Trinajstić information content (AvgIpc) is 2.85. The number of allylic oxidation sites excluding steroid dienone is 20. The maximum Gasteiger partial charge on any atom is 0.00285 e. The molecule has 0 fully saturated rings. The molecule has 0 aromatic carbocycles. The molecule has 0 aromatic rings. The highest BCUT2D eigenvalue weighted by atomic mass is 14.3. The summed E-state index contributed by atoms with van der Waals surface area (Å²) in [5.74, 6) is 0.537. The van der Waals surface area contributed by atoms with E-state index in [0.717, 1.165) is 12.8 Å². The van der Waals surface area contributed by atoms with Gasteiger partial charge in [0, 0.05) is 5.92 Å². The molecule has 40 heavy (non-hydrogen) atoms. The highest BCUT2D eigenvalue weighted by Crippen LogP contribution is 2.42. The molecule has 0 saturated heterocycles. The molecule has 218 valence electrons. The van der Waals surface area contributed by atoms with Gasteiger partial charge in [-0.3, -0.25) is 0 Å². The molecule has 1 atom stereocenters. The third kappa shape index (κ3) is 11.5. The second-order valence-electron chi connectivity index (χ2n) is 13.6. The van der Waals surface area contributed by atoms with Crippen LogP contribution in [0.3, 0.4) is 0 Å². The van der Waals surface area contributed by atoms with Crippen molar-refractivity contribution in [1.82, 2.24) is 0 Å². The summed E-state index contributed by atoms with van der Waals surface area (Å²) in [6.45, 7) is 22.9. The summed E-state index contributed by atoms with van der Waals surface area (Å²) in [5, 5.41) is 0. The molecule has 2 aliphatic rings. The summed E-state index contributed by atoms with van der Waals surface area (Å²) < 4.78 is 0. The van der Waals surface area contributed by atoms with Crippen LogP contribution in [0.1, 0.15) is 114 Å². The predicted molar refractivity (Wildman–Crippen MR) is 181 cm³/mol. The van der Waals surface area contributed by atoms with Crippen LogP contribution in [0.5, 0.6) is 0 Å². The van der Waals surface area contributed by atoms with Crippen LogP contribution >= 0.6 is 0 Å². The molecule has 0 heterocycles. The van der Waals surface area contributed by atoms with Crippen LogP contribution in [0.25, 0.3) is 0 Å². The zero-order valence-corrected chi connectivity index (χ0v) is 27.5. The van der Waals surface area contributed by atoms with Gasteiger partial charge < -0.3 is 0 Å². The maximum absolute atomic E-state index is 2.41. The van der Waals surface area contributed by atoms with Crippen LogP contribution < -0.4 is 0 Å². The van der Waals surface area contributed by atoms with E-state index in [-0.39, 0.29) is 0 Å². The Labute approximate surface area is 248 Å². The van der Waals surface area contributed by atoms with Gasteiger partial charge in [-0.2, -0.15) is 0 Å². The molecule has 0 aromatic heterocycles. The van der Waals surface area contributed by atoms with Gasteiger partial charge in [0.2, 0.25) is 0 Å². The number of hydrogen-bond donors (Lipinski definition) is 0. The van der Waals surface area contributed by atoms with Crippen LogP contribution in [0.15, 0.2) is 118 Å². The maximum atomic E-state index is 2.41. The van der Waals surface area contributed by atoms with Crippen molar-refractivity contribution in [2.24, 2.45) is 16.7 Å². The fourth-order valence-corrected chi connectivity index (χ4v) is 6.02. The molecule has 0 nitrogen and oxygen atoms in total. The van der Waals surface area contributed by atoms with Gasteiger partial charge in [0.15, 0.2) is 0 Å². The highest BCUT2D eigenvalue weighted by molar-refractivity contribution is 5.36. The lowest BCUT2D eigenvalue weighted by Crippen LogP contribution is -2.26. The van der Waals surface area contributed by atoms with Gasteiger partial charge >= 0.3 is 0 Å². The predicted octanol–water partition coefficient (Wildman–Crippen LogP) is 12.7. The Bertz CT molecular complexity index is 1150. The summed E-state index contributed by atoms with van der Waals surface area (Å²) in [6.07, 6.45) is 37.9. The lowest BCUT2D eigenvalue weighted by molar-refractivity contribution is 0.255. The molecule has 0 radical (unpaired) electrons. The Hall–Kier alpha value is -2.60. The van der Waals surface area contributed by atoms with E-state index in [1.54, 1.807) is 11.1 Å². The van der Waals surface area contributed by atoms with Gasteiger partial charge in [-0.05, 0) is 103 Å². The van der Waals surface area contributed by atoms with E-state index >= 15 is 0 Å². The Morgan fingerprint density at radius 3 is 2.20 bits per heavy atom. The fraction of sp³-hybridized carbons (Fsp3) is 0.500. The fourth-order valence-electron chi connectivity index (χ4n) is 6.02. The lowest BCUT2D eigenvalue weighted by Gasteiger charge is -2.36. The SMILES string of the molecule is CC1=CCCC(C)(C)[C@@H]1/C=C/C(C)=C/C=C/C(C)=C/C=C/C=C(\C)CC/C=C(C)/C=C/C1=C(C)CCCC1(C)C. The van der Waals surface area contributed by atoms with Crippen molar-refractivity contribution in [2.45, 2.75) is 114 Å². The summed E-state index contributed by atoms with van der Waals surface area (Å²) in [6, 6.07) is 0. The van der Waals surface area contributed by atoms with E-state index in [4.69, 9.17) is 0 Å². The van der Waals surface area contributed by atoms with Crippen molar-refractivity contribution >= 4 is 0 Å². The van der Waals surface area contributed by atoms with Crippen molar-refractivity contribution in [2.75, 3.05) is 0 Å². The molecule has 0 heteroatoms. The first-order valence-corrected chi connectivity index (χ1v) is 15.6. The monoisotopic (exact) mass is 538 g/mol. The largest absolute Gasteiger partial charge is 0.0850 e. The molecule has 0 saturated carbocycles. The van der Waals surface area contributed by atoms with Gasteiger partial charge in [0.05, 0.1) is 0 Å². The molecule has 2 rings (SSSR count). The van der Waals surface area contributed by atoms with E-state index in [9.17, 15) is 0 Å². The van der Waals surface area contributed by atoms with E-state index in [2.05, 4.69) is 148 Å². The lowest BCUT2D eigenvalue weighted by atomic mass is 9.68. The number of hydrogen-bond acceptors (Lipinski definition) is 0. The third-order valence-corrected chi connectivity index (χ3v) is 8.77. The van der Waals surface area contributed by atoms with Crippen molar-refractivity contribution in [1.29, 1.82) is 0 Å². The minimum Gasteiger partial charge on any atom is -0.0850 e. The molecule has 0 bridgehead atoms. The summed E-state index contributed by atoms with van der Waals surface area (Å²) >= 11 is 0. The van der Waals surface area contributed by atoms with E-state index in [1.165, 1.54) is 60.0 Å². The Kier molecular flexibility index (Phi) is 13.4. The van der Waals surface area contributed by atoms with E-state index in [0.29, 0.717) is 16.7 Å². The summed E-state index contributed by atoms with van der Waals surface area (Å²) in [5.41, 5.74) is 10.6. The van der Waals surface area contributed by atoms with Crippen molar-refractivity contribution in [3.63, 3.8) is 0 Å². The van der Waals surface area contributed by atoms with Crippen LogP contribution in [-0.2, 0) is 0 Å². The smallest absolute Gasteiger partial charge is 0.00285 e. The van der Waals surface area contributed by atoms with Crippen LogP contribution in [-0.4, -0.2) is 0 Å². The molecule has 2 aliphatic carbocycles. The minimum absolute atomic E-state index is 0.309. The molecular weight excluding hydrogens is 480 g/mol. The normalized spacial score (nSPS) is 23.4. The third-order valence-electron chi connectivity index (χ3n) is 8.77. The standard InChI is InChI=1S/C40H58/c1-31(19-13-21-33(3)25-27-37-35(5)23-15-29-39(37,7)8)17-11-12-18-32(2)20-14-22-34(4)26-28-38-36(6)24-16-30-40(38,9)10/h11-13,17-19,21-23,25-28,37H,14-16,20,24,29-30H2,1-10H3/b12-11+,19-13+,27-25+,28-26+,31-17+,32-18+,33-21+,34-22+/t37-/m1/s1. The average molecular weight is 539 g/mol. The summed E-state index contributed by atoms with van der Waals surface area (Å²) in [4.78, 5) is 0. The molecule has 0 spiro atoms. The highest BCUT2D eigenvalue weighted by Gasteiger charge is 2.30. The minimum atomic E-state index is 0.309. The topological polar surface area (TPSA) is 0 Å². The van der Waals surface area contributed by atoms with Gasteiger partial charge in [0.1, 0.15) is 0 Å². The van der Waals surface area contributed by atoms with Crippen molar-refractivity contribution in [3.8, 4) is 0 Å². The molecule has 0 unspecified atom stereocenters. The first kappa shape index (κ1) is 33.6. The zero-order chi connectivity index (χ0) is 29.8. The van der Waals surface area contributed by atoms with E-state index in [1.807, 2.05) is 0 Å². The van der Waals surface area contributed by atoms with Crippen LogP contribution in [0.2, 0.25) is 0 Å². The van der Waals surface area contributed by atoms with Crippen LogP contribution in [0.4, 0.5) is 0 Å². The second kappa shape index (κ2) is 16.0. The summed E-state index contributed by atoms with van der Waals surface area (Å²) in [7, 11) is 0. The Balaban J connectivity index is 1.82. The molecule has 0 amide bonds. The number of rotatable bonds is 11. The Morgan fingerprint density at radius 1 is 0.825 bits per heavy atom.